The number of ether oxygens (including phenoxy) is 1. The first kappa shape index (κ1) is 19.5. The molecule has 1 saturated carbocycles. The number of amides is 3. The molecule has 0 spiro atoms. The average molecular weight is 382 g/mol. The highest BCUT2D eigenvalue weighted by atomic mass is 16.5. The highest BCUT2D eigenvalue weighted by Crippen LogP contribution is 2.32. The van der Waals surface area contributed by atoms with Gasteiger partial charge in [-0.25, -0.2) is 4.79 Å². The monoisotopic (exact) mass is 382 g/mol. The molecule has 0 heterocycles. The molecule has 1 fully saturated rings. The van der Waals surface area contributed by atoms with Crippen molar-refractivity contribution in [2.75, 3.05) is 18.2 Å². The summed E-state index contributed by atoms with van der Waals surface area (Å²) in [5.41, 5.74) is 7.00. The van der Waals surface area contributed by atoms with E-state index in [0.29, 0.717) is 36.5 Å². The maximum Gasteiger partial charge on any atom is 0.315 e. The highest BCUT2D eigenvalue weighted by molar-refractivity contribution is 6.01. The topological polar surface area (TPSA) is 105 Å². The molecule has 0 bridgehead atoms. The minimum Gasteiger partial charge on any atom is -0.495 e. The van der Waals surface area contributed by atoms with Crippen molar-refractivity contribution in [3.05, 3.63) is 54.1 Å². The molecule has 148 valence electrons. The summed E-state index contributed by atoms with van der Waals surface area (Å²) in [5, 5.41) is 8.61. The summed E-state index contributed by atoms with van der Waals surface area (Å²) >= 11 is 0. The first-order valence-electron chi connectivity index (χ1n) is 9.37. The Balaban J connectivity index is 1.64. The number of urea groups is 1. The highest BCUT2D eigenvalue weighted by Gasteiger charge is 2.42. The van der Waals surface area contributed by atoms with Gasteiger partial charge in [0, 0.05) is 12.2 Å². The quantitative estimate of drug-likeness (QED) is 0.576. The lowest BCUT2D eigenvalue weighted by atomic mass is 9.96. The third kappa shape index (κ3) is 4.54. The van der Waals surface area contributed by atoms with E-state index in [-0.39, 0.29) is 11.9 Å². The molecule has 0 saturated heterocycles. The van der Waals surface area contributed by atoms with E-state index in [4.69, 9.17) is 10.5 Å². The van der Waals surface area contributed by atoms with Gasteiger partial charge in [0.2, 0.25) is 5.91 Å². The Kier molecular flexibility index (Phi) is 6.03. The number of hydrogen-bond donors (Lipinski definition) is 4. The van der Waals surface area contributed by atoms with Gasteiger partial charge in [-0.2, -0.15) is 0 Å². The van der Waals surface area contributed by atoms with Crippen LogP contribution >= 0.6 is 0 Å². The van der Waals surface area contributed by atoms with E-state index in [0.717, 1.165) is 18.4 Å². The van der Waals surface area contributed by atoms with Crippen molar-refractivity contribution in [1.29, 1.82) is 0 Å². The van der Waals surface area contributed by atoms with Crippen molar-refractivity contribution < 1.29 is 14.3 Å². The second kappa shape index (κ2) is 8.65. The number of nitrogen functional groups attached to an aromatic ring is 1. The summed E-state index contributed by atoms with van der Waals surface area (Å²) in [7, 11) is 1.54. The van der Waals surface area contributed by atoms with Crippen LogP contribution in [-0.4, -0.2) is 24.6 Å². The molecule has 3 rings (SSSR count). The third-order valence-electron chi connectivity index (χ3n) is 5.03. The standard InChI is InChI=1S/C21H26N4O3/c1-28-18-10-9-16(13-17(18)22)24-19(26)21(11-5-6-12-21)25-20(27)23-14-15-7-3-2-4-8-15/h2-4,7-10,13H,5-6,11-12,14,22H2,1H3,(H,24,26)(H2,23,25,27). The molecule has 5 N–H and O–H groups in total. The fraction of sp³-hybridized carbons (Fsp3) is 0.333. The van der Waals surface area contributed by atoms with Crippen LogP contribution < -0.4 is 26.4 Å². The van der Waals surface area contributed by atoms with Crippen LogP contribution in [0.15, 0.2) is 48.5 Å². The normalized spacial score (nSPS) is 14.9. The first-order valence-corrected chi connectivity index (χ1v) is 9.37. The second-order valence-corrected chi connectivity index (χ2v) is 6.99. The van der Waals surface area contributed by atoms with Crippen LogP contribution in [0.4, 0.5) is 16.2 Å². The van der Waals surface area contributed by atoms with Gasteiger partial charge >= 0.3 is 6.03 Å². The van der Waals surface area contributed by atoms with Gasteiger partial charge in [0.15, 0.2) is 0 Å². The van der Waals surface area contributed by atoms with E-state index in [2.05, 4.69) is 16.0 Å². The van der Waals surface area contributed by atoms with Crippen molar-refractivity contribution >= 4 is 23.3 Å². The van der Waals surface area contributed by atoms with E-state index in [1.165, 1.54) is 7.11 Å². The number of rotatable bonds is 6. The molecule has 0 aliphatic heterocycles. The summed E-state index contributed by atoms with van der Waals surface area (Å²) in [6, 6.07) is 14.4. The molecule has 1 aliphatic rings. The maximum absolute atomic E-state index is 13.0. The molecular weight excluding hydrogens is 356 g/mol. The lowest BCUT2D eigenvalue weighted by Crippen LogP contribution is -2.57. The first-order chi connectivity index (χ1) is 13.5. The van der Waals surface area contributed by atoms with E-state index in [1.54, 1.807) is 18.2 Å². The number of hydrogen-bond acceptors (Lipinski definition) is 4. The number of methoxy groups -OCH3 is 1. The minimum atomic E-state index is -0.921. The molecule has 28 heavy (non-hydrogen) atoms. The molecule has 0 atom stereocenters. The van der Waals surface area contributed by atoms with Crippen molar-refractivity contribution in [2.24, 2.45) is 0 Å². The molecular formula is C21H26N4O3. The molecule has 7 heteroatoms. The van der Waals surface area contributed by atoms with Crippen molar-refractivity contribution in [2.45, 2.75) is 37.8 Å². The molecule has 0 radical (unpaired) electrons. The van der Waals surface area contributed by atoms with Gasteiger partial charge in [-0.1, -0.05) is 43.2 Å². The van der Waals surface area contributed by atoms with Crippen LogP contribution in [-0.2, 0) is 11.3 Å². The van der Waals surface area contributed by atoms with Crippen LogP contribution in [0.1, 0.15) is 31.2 Å². The van der Waals surface area contributed by atoms with Crippen LogP contribution in [0.3, 0.4) is 0 Å². The SMILES string of the molecule is COc1ccc(NC(=O)C2(NC(=O)NCc3ccccc3)CCCC2)cc1N. The predicted octanol–water partition coefficient (Wildman–Crippen LogP) is 3.03. The third-order valence-corrected chi connectivity index (χ3v) is 5.03. The van der Waals surface area contributed by atoms with E-state index >= 15 is 0 Å². The van der Waals surface area contributed by atoms with Gasteiger partial charge in [-0.3, -0.25) is 4.79 Å². The van der Waals surface area contributed by atoms with Gasteiger partial charge in [0.05, 0.1) is 12.8 Å². The Hall–Kier alpha value is -3.22. The van der Waals surface area contributed by atoms with E-state index in [9.17, 15) is 9.59 Å². The molecule has 0 unspecified atom stereocenters. The summed E-state index contributed by atoms with van der Waals surface area (Å²) in [6.07, 6.45) is 2.97. The number of carbonyl (C=O) groups is 2. The Bertz CT molecular complexity index is 833. The smallest absolute Gasteiger partial charge is 0.315 e. The minimum absolute atomic E-state index is 0.232. The van der Waals surface area contributed by atoms with Gasteiger partial charge in [0.25, 0.3) is 0 Å². The molecule has 2 aromatic rings. The Morgan fingerprint density at radius 2 is 1.82 bits per heavy atom. The van der Waals surface area contributed by atoms with E-state index in [1.807, 2.05) is 30.3 Å². The largest absolute Gasteiger partial charge is 0.495 e. The fourth-order valence-corrected chi connectivity index (χ4v) is 3.49. The van der Waals surface area contributed by atoms with Crippen molar-refractivity contribution in [3.8, 4) is 5.75 Å². The zero-order chi connectivity index (χ0) is 20.0. The van der Waals surface area contributed by atoms with Gasteiger partial charge in [-0.15, -0.1) is 0 Å². The Labute approximate surface area is 164 Å². The second-order valence-electron chi connectivity index (χ2n) is 6.99. The number of nitrogens with two attached hydrogens (primary N) is 1. The van der Waals surface area contributed by atoms with Crippen LogP contribution in [0.25, 0.3) is 0 Å². The summed E-state index contributed by atoms with van der Waals surface area (Å²) in [5.74, 6) is 0.316. The van der Waals surface area contributed by atoms with Gasteiger partial charge < -0.3 is 26.4 Å². The van der Waals surface area contributed by atoms with Gasteiger partial charge in [0.1, 0.15) is 11.3 Å². The number of benzene rings is 2. The average Bonchev–Trinajstić information content (AvgIpc) is 3.17. The zero-order valence-electron chi connectivity index (χ0n) is 16.0. The summed E-state index contributed by atoms with van der Waals surface area (Å²) in [6.45, 7) is 0.402. The van der Waals surface area contributed by atoms with Crippen molar-refractivity contribution in [3.63, 3.8) is 0 Å². The molecule has 3 amide bonds. The van der Waals surface area contributed by atoms with Gasteiger partial charge in [-0.05, 0) is 36.6 Å². The number of carbonyl (C=O) groups excluding carboxylic acids is 2. The molecule has 1 aliphatic carbocycles. The maximum atomic E-state index is 13.0. The number of anilines is 2. The molecule has 0 aromatic heterocycles. The Morgan fingerprint density at radius 3 is 2.46 bits per heavy atom. The lowest BCUT2D eigenvalue weighted by molar-refractivity contribution is -0.121. The lowest BCUT2D eigenvalue weighted by Gasteiger charge is -2.29. The van der Waals surface area contributed by atoms with Crippen LogP contribution in [0.2, 0.25) is 0 Å². The molecule has 2 aromatic carbocycles. The van der Waals surface area contributed by atoms with E-state index < -0.39 is 5.54 Å². The fourth-order valence-electron chi connectivity index (χ4n) is 3.49. The Morgan fingerprint density at radius 1 is 1.11 bits per heavy atom. The molecule has 7 nitrogen and oxygen atoms in total. The van der Waals surface area contributed by atoms with Crippen LogP contribution in [0, 0.1) is 0 Å². The summed E-state index contributed by atoms with van der Waals surface area (Å²) < 4.78 is 5.14. The van der Waals surface area contributed by atoms with Crippen molar-refractivity contribution in [1.82, 2.24) is 10.6 Å². The predicted molar refractivity (Wildman–Crippen MR) is 109 cm³/mol. The zero-order valence-corrected chi connectivity index (χ0v) is 16.0. The summed E-state index contributed by atoms with van der Waals surface area (Å²) in [4.78, 5) is 25.4. The van der Waals surface area contributed by atoms with Crippen LogP contribution in [0.5, 0.6) is 5.75 Å². The number of nitrogens with one attached hydrogen (secondary N) is 3.